The van der Waals surface area contributed by atoms with E-state index in [4.69, 9.17) is 9.15 Å². The fourth-order valence-electron chi connectivity index (χ4n) is 2.83. The summed E-state index contributed by atoms with van der Waals surface area (Å²) in [5.41, 5.74) is 4.73. The highest BCUT2D eigenvalue weighted by atomic mass is 16.5. The molecule has 0 atom stereocenters. The topological polar surface area (TPSA) is 48.2 Å². The van der Waals surface area contributed by atoms with Crippen molar-refractivity contribution in [1.29, 1.82) is 0 Å². The largest absolute Gasteiger partial charge is 0.484 e. The van der Waals surface area contributed by atoms with Crippen LogP contribution in [-0.2, 0) is 17.4 Å². The van der Waals surface area contributed by atoms with Crippen LogP contribution in [0.2, 0.25) is 0 Å². The monoisotopic (exact) mass is 378 g/mol. The highest BCUT2D eigenvalue weighted by molar-refractivity contribution is 5.57. The van der Waals surface area contributed by atoms with E-state index < -0.39 is 0 Å². The van der Waals surface area contributed by atoms with Crippen molar-refractivity contribution in [2.75, 3.05) is 0 Å². The van der Waals surface area contributed by atoms with Gasteiger partial charge in [-0.15, -0.1) is 10.2 Å². The van der Waals surface area contributed by atoms with Crippen LogP contribution in [0.5, 0.6) is 5.75 Å². The van der Waals surface area contributed by atoms with Crippen LogP contribution >= 0.6 is 0 Å². The van der Waals surface area contributed by atoms with Gasteiger partial charge in [-0.2, -0.15) is 0 Å². The quantitative estimate of drug-likeness (QED) is 0.541. The average molecular weight is 379 g/mol. The molecular formula is C24H30N2O2. The van der Waals surface area contributed by atoms with Crippen molar-refractivity contribution < 1.29 is 9.15 Å². The van der Waals surface area contributed by atoms with Crippen LogP contribution in [0, 0.1) is 6.92 Å². The van der Waals surface area contributed by atoms with Gasteiger partial charge >= 0.3 is 0 Å². The molecule has 0 unspecified atom stereocenters. The van der Waals surface area contributed by atoms with Crippen LogP contribution in [0.1, 0.15) is 64.1 Å². The molecule has 0 aliphatic carbocycles. The summed E-state index contributed by atoms with van der Waals surface area (Å²) in [5, 5.41) is 8.43. The second-order valence-corrected chi connectivity index (χ2v) is 9.40. The molecule has 0 amide bonds. The number of benzene rings is 2. The second-order valence-electron chi connectivity index (χ2n) is 9.40. The third kappa shape index (κ3) is 4.80. The van der Waals surface area contributed by atoms with Crippen LogP contribution in [0.25, 0.3) is 11.5 Å². The van der Waals surface area contributed by atoms with Crippen LogP contribution in [0.3, 0.4) is 0 Å². The van der Waals surface area contributed by atoms with Crippen molar-refractivity contribution >= 4 is 0 Å². The molecule has 0 saturated carbocycles. The summed E-state index contributed by atoms with van der Waals surface area (Å²) in [7, 11) is 0. The van der Waals surface area contributed by atoms with Crippen molar-refractivity contribution in [2.24, 2.45) is 0 Å². The van der Waals surface area contributed by atoms with E-state index in [9.17, 15) is 0 Å². The van der Waals surface area contributed by atoms with Crippen molar-refractivity contribution in [3.8, 4) is 17.2 Å². The molecule has 3 aromatic rings. The molecule has 3 rings (SSSR count). The molecule has 28 heavy (non-hydrogen) atoms. The van der Waals surface area contributed by atoms with E-state index in [1.807, 2.05) is 31.2 Å². The highest BCUT2D eigenvalue weighted by Gasteiger charge is 2.22. The normalized spacial score (nSPS) is 12.2. The van der Waals surface area contributed by atoms with Crippen LogP contribution in [0.4, 0.5) is 0 Å². The van der Waals surface area contributed by atoms with Gasteiger partial charge in [0.05, 0.1) is 0 Å². The van der Waals surface area contributed by atoms with Crippen LogP contribution in [-0.4, -0.2) is 10.2 Å². The van der Waals surface area contributed by atoms with E-state index in [2.05, 4.69) is 69.9 Å². The van der Waals surface area contributed by atoms with Gasteiger partial charge in [-0.1, -0.05) is 65.3 Å². The SMILES string of the molecule is Cc1ccc(OCc2nnc(-c3cc(C(C)(C)C)cc(C(C)(C)C)c3)o2)cc1. The van der Waals surface area contributed by atoms with E-state index in [1.165, 1.54) is 16.7 Å². The van der Waals surface area contributed by atoms with Gasteiger partial charge in [-0.25, -0.2) is 0 Å². The molecule has 0 bridgehead atoms. The lowest BCUT2D eigenvalue weighted by atomic mass is 9.79. The number of hydrogen-bond donors (Lipinski definition) is 0. The van der Waals surface area contributed by atoms with Crippen LogP contribution < -0.4 is 4.74 Å². The molecule has 0 aliphatic rings. The van der Waals surface area contributed by atoms with E-state index in [1.54, 1.807) is 0 Å². The molecule has 4 heteroatoms. The molecule has 0 spiro atoms. The number of nitrogens with zero attached hydrogens (tertiary/aromatic N) is 2. The Hall–Kier alpha value is -2.62. The van der Waals surface area contributed by atoms with Crippen LogP contribution in [0.15, 0.2) is 46.9 Å². The van der Waals surface area contributed by atoms with E-state index in [-0.39, 0.29) is 17.4 Å². The lowest BCUT2D eigenvalue weighted by Crippen LogP contribution is -2.16. The minimum Gasteiger partial charge on any atom is -0.484 e. The van der Waals surface area contributed by atoms with Crippen molar-refractivity contribution in [3.63, 3.8) is 0 Å². The molecular weight excluding hydrogens is 348 g/mol. The average Bonchev–Trinajstić information content (AvgIpc) is 3.08. The Bertz CT molecular complexity index is 910. The molecule has 0 aliphatic heterocycles. The summed E-state index contributed by atoms with van der Waals surface area (Å²) >= 11 is 0. The molecule has 2 aromatic carbocycles. The molecule has 0 fully saturated rings. The Labute approximate surface area is 168 Å². The van der Waals surface area contributed by atoms with Gasteiger partial charge in [-0.3, -0.25) is 0 Å². The predicted molar refractivity (Wildman–Crippen MR) is 113 cm³/mol. The lowest BCUT2D eigenvalue weighted by Gasteiger charge is -2.25. The number of aryl methyl sites for hydroxylation is 1. The molecule has 148 valence electrons. The summed E-state index contributed by atoms with van der Waals surface area (Å²) in [6, 6.07) is 14.5. The standard InChI is InChI=1S/C24H30N2O2/c1-16-8-10-20(11-9-16)27-15-21-25-26-22(28-21)17-12-18(23(2,3)4)14-19(13-17)24(5,6)7/h8-14H,15H2,1-7H3. The first kappa shape index (κ1) is 20.1. The zero-order chi connectivity index (χ0) is 20.5. The maximum Gasteiger partial charge on any atom is 0.254 e. The Morgan fingerprint density at radius 1 is 0.821 bits per heavy atom. The predicted octanol–water partition coefficient (Wildman–Crippen LogP) is 6.22. The van der Waals surface area contributed by atoms with Crippen molar-refractivity contribution in [3.05, 3.63) is 65.0 Å². The molecule has 0 saturated heterocycles. The zero-order valence-corrected chi connectivity index (χ0v) is 18.0. The molecule has 0 radical (unpaired) electrons. The van der Waals surface area contributed by atoms with Gasteiger partial charge < -0.3 is 9.15 Å². The minimum absolute atomic E-state index is 0.0351. The molecule has 1 aromatic heterocycles. The summed E-state index contributed by atoms with van der Waals surface area (Å²) in [4.78, 5) is 0. The van der Waals surface area contributed by atoms with Gasteiger partial charge in [0, 0.05) is 5.56 Å². The summed E-state index contributed by atoms with van der Waals surface area (Å²) in [6.07, 6.45) is 0. The highest BCUT2D eigenvalue weighted by Crippen LogP contribution is 2.33. The van der Waals surface area contributed by atoms with E-state index in [0.717, 1.165) is 11.3 Å². The van der Waals surface area contributed by atoms with Crippen molar-refractivity contribution in [1.82, 2.24) is 10.2 Å². The van der Waals surface area contributed by atoms with E-state index >= 15 is 0 Å². The minimum atomic E-state index is 0.0351. The third-order valence-electron chi connectivity index (χ3n) is 4.76. The molecule has 1 heterocycles. The van der Waals surface area contributed by atoms with Crippen molar-refractivity contribution in [2.45, 2.75) is 65.9 Å². The maximum atomic E-state index is 5.90. The Balaban J connectivity index is 1.86. The number of ether oxygens (including phenoxy) is 1. The first-order valence-corrected chi connectivity index (χ1v) is 9.71. The molecule has 4 nitrogen and oxygen atoms in total. The number of hydrogen-bond acceptors (Lipinski definition) is 4. The number of rotatable bonds is 4. The number of aromatic nitrogens is 2. The Morgan fingerprint density at radius 3 is 1.93 bits per heavy atom. The molecule has 0 N–H and O–H groups in total. The summed E-state index contributed by atoms with van der Waals surface area (Å²) < 4.78 is 11.7. The zero-order valence-electron chi connectivity index (χ0n) is 18.0. The fourth-order valence-corrected chi connectivity index (χ4v) is 2.83. The van der Waals surface area contributed by atoms with Gasteiger partial charge in [0.15, 0.2) is 6.61 Å². The third-order valence-corrected chi connectivity index (χ3v) is 4.76. The Kier molecular flexibility index (Phi) is 5.33. The summed E-state index contributed by atoms with van der Waals surface area (Å²) in [5.74, 6) is 1.78. The smallest absolute Gasteiger partial charge is 0.254 e. The van der Waals surface area contributed by atoms with Gasteiger partial charge in [0.1, 0.15) is 5.75 Å². The lowest BCUT2D eigenvalue weighted by molar-refractivity contribution is 0.264. The van der Waals surface area contributed by atoms with Gasteiger partial charge in [-0.05, 0) is 53.1 Å². The second kappa shape index (κ2) is 7.42. The fraction of sp³-hybridized carbons (Fsp3) is 0.417. The van der Waals surface area contributed by atoms with Gasteiger partial charge in [0.25, 0.3) is 5.89 Å². The Morgan fingerprint density at radius 2 is 1.39 bits per heavy atom. The van der Waals surface area contributed by atoms with Gasteiger partial charge in [0.2, 0.25) is 5.89 Å². The van der Waals surface area contributed by atoms with E-state index in [0.29, 0.717) is 11.8 Å². The first-order valence-electron chi connectivity index (χ1n) is 9.71. The first-order chi connectivity index (χ1) is 13.0. The summed E-state index contributed by atoms with van der Waals surface area (Å²) in [6.45, 7) is 15.6. The maximum absolute atomic E-state index is 5.90.